The van der Waals surface area contributed by atoms with Gasteiger partial charge in [0.15, 0.2) is 0 Å². The number of ketones is 1. The number of Topliss-reactive ketones (excluding diaryl/α,β-unsaturated/α-hetero) is 1. The van der Waals surface area contributed by atoms with E-state index in [0.29, 0.717) is 12.8 Å². The predicted molar refractivity (Wildman–Crippen MR) is 198 cm³/mol. The van der Waals surface area contributed by atoms with Gasteiger partial charge in [0.25, 0.3) is 11.8 Å². The lowest BCUT2D eigenvalue weighted by atomic mass is 9.80. The quantitative estimate of drug-likeness (QED) is 0.221. The average molecular weight is 785 g/mol. The topological polar surface area (TPSA) is 197 Å². The number of nitrogens with zero attached hydrogens (tertiary/aromatic N) is 4. The lowest BCUT2D eigenvalue weighted by Crippen LogP contribution is -2.66. The van der Waals surface area contributed by atoms with Gasteiger partial charge in [-0.15, -0.1) is 0 Å². The zero-order chi connectivity index (χ0) is 40.8. The summed E-state index contributed by atoms with van der Waals surface area (Å²) in [6, 6.07) is -0.261. The minimum atomic E-state index is -4.59. The first-order valence-corrected chi connectivity index (χ1v) is 19.2. The number of carbonyl (C=O) groups is 6. The maximum absolute atomic E-state index is 14.5. The first-order chi connectivity index (χ1) is 26.4. The van der Waals surface area contributed by atoms with Crippen molar-refractivity contribution >= 4 is 41.0 Å². The summed E-state index contributed by atoms with van der Waals surface area (Å²) in [5.41, 5.74) is 3.90. The first kappa shape index (κ1) is 42.1. The van der Waals surface area contributed by atoms with Gasteiger partial charge in [-0.1, -0.05) is 59.3 Å². The molecule has 3 aliphatic rings. The summed E-state index contributed by atoms with van der Waals surface area (Å²) in [4.78, 5) is 91.8. The number of carbonyl (C=O) groups excluding carboxylic acids is 6. The molecule has 1 saturated heterocycles. The molecular weight excluding hydrogens is 733 g/mol. The number of primary amides is 1. The summed E-state index contributed by atoms with van der Waals surface area (Å²) in [7, 11) is 0. The van der Waals surface area contributed by atoms with Crippen LogP contribution in [0.3, 0.4) is 0 Å². The van der Waals surface area contributed by atoms with Crippen LogP contribution in [-0.2, 0) is 30.1 Å². The second kappa shape index (κ2) is 17.8. The molecule has 2 saturated carbocycles. The Kier molecular flexibility index (Phi) is 13.4. The number of halogens is 3. The van der Waals surface area contributed by atoms with Gasteiger partial charge in [-0.3, -0.25) is 33.8 Å². The fourth-order valence-corrected chi connectivity index (χ4v) is 7.65. The monoisotopic (exact) mass is 784 g/mol. The van der Waals surface area contributed by atoms with Crippen LogP contribution in [0.25, 0.3) is 0 Å². The van der Waals surface area contributed by atoms with Crippen molar-refractivity contribution in [2.45, 2.75) is 109 Å². The average Bonchev–Trinajstić information content (AvgIpc) is 3.15. The molecule has 56 heavy (non-hydrogen) atoms. The van der Waals surface area contributed by atoms with E-state index in [1.54, 1.807) is 25.7 Å². The Morgan fingerprint density at radius 2 is 1.55 bits per heavy atom. The number of amides is 5. The molecule has 14 nitrogen and oxygen atoms in total. The van der Waals surface area contributed by atoms with Crippen LogP contribution in [0.4, 0.5) is 18.9 Å². The summed E-state index contributed by atoms with van der Waals surface area (Å²) in [6.45, 7) is 5.10. The SMILES string of the molecule is CC(C)(C)[C@H](NC(=O)[C@@H](NC(=O)c1cnccn1)C1CCCCC1)C(=O)N1CCN(c2ccc(C(F)(F)F)cc2)[C@H](C(=O)NC(CC2CCC2)C(=O)C(N)=O)C1. The molecule has 2 aliphatic carbocycles. The Balaban J connectivity index is 1.40. The summed E-state index contributed by atoms with van der Waals surface area (Å²) in [5, 5.41) is 8.41. The number of nitrogens with one attached hydrogen (secondary N) is 3. The number of anilines is 1. The third kappa shape index (κ3) is 10.4. The van der Waals surface area contributed by atoms with Crippen molar-refractivity contribution < 1.29 is 41.9 Å². The van der Waals surface area contributed by atoms with Crippen molar-refractivity contribution in [1.82, 2.24) is 30.8 Å². The van der Waals surface area contributed by atoms with Crippen molar-refractivity contribution in [2.24, 2.45) is 23.0 Å². The van der Waals surface area contributed by atoms with Crippen LogP contribution in [0.5, 0.6) is 0 Å². The molecule has 1 aromatic carbocycles. The molecule has 4 atom stereocenters. The Hall–Kier alpha value is -5.09. The normalized spacial score (nSPS) is 19.9. The second-order valence-corrected chi connectivity index (χ2v) is 16.1. The molecule has 304 valence electrons. The highest BCUT2D eigenvalue weighted by molar-refractivity contribution is 6.37. The highest BCUT2D eigenvalue weighted by atomic mass is 19.4. The number of rotatable bonds is 13. The Bertz CT molecular complexity index is 1740. The zero-order valence-electron chi connectivity index (χ0n) is 31.9. The molecule has 17 heteroatoms. The van der Waals surface area contributed by atoms with Gasteiger partial charge in [0, 0.05) is 31.2 Å². The Morgan fingerprint density at radius 1 is 0.875 bits per heavy atom. The van der Waals surface area contributed by atoms with E-state index in [2.05, 4.69) is 25.9 Å². The maximum atomic E-state index is 14.5. The van der Waals surface area contributed by atoms with E-state index >= 15 is 0 Å². The van der Waals surface area contributed by atoms with E-state index in [0.717, 1.165) is 50.7 Å². The van der Waals surface area contributed by atoms with Crippen LogP contribution in [0, 0.1) is 17.3 Å². The van der Waals surface area contributed by atoms with Gasteiger partial charge in [-0.2, -0.15) is 13.2 Å². The van der Waals surface area contributed by atoms with E-state index in [9.17, 15) is 41.9 Å². The molecule has 0 bridgehead atoms. The van der Waals surface area contributed by atoms with Gasteiger partial charge in [0.05, 0.1) is 24.3 Å². The van der Waals surface area contributed by atoms with Crippen LogP contribution in [-0.4, -0.2) is 94.0 Å². The number of piperazine rings is 1. The highest BCUT2D eigenvalue weighted by Gasteiger charge is 2.44. The third-order valence-corrected chi connectivity index (χ3v) is 11.1. The summed E-state index contributed by atoms with van der Waals surface area (Å²) in [5.74, 6) is -4.65. The summed E-state index contributed by atoms with van der Waals surface area (Å²) >= 11 is 0. The van der Waals surface area contributed by atoms with Crippen molar-refractivity contribution in [3.63, 3.8) is 0 Å². The summed E-state index contributed by atoms with van der Waals surface area (Å²) in [6.07, 6.45) is 6.38. The van der Waals surface area contributed by atoms with E-state index < -0.39 is 76.6 Å². The molecule has 3 fully saturated rings. The second-order valence-electron chi connectivity index (χ2n) is 16.1. The molecule has 0 radical (unpaired) electrons. The van der Waals surface area contributed by atoms with Crippen LogP contribution >= 0.6 is 0 Å². The zero-order valence-corrected chi connectivity index (χ0v) is 31.9. The van der Waals surface area contributed by atoms with E-state index in [1.807, 2.05) is 0 Å². The van der Waals surface area contributed by atoms with Gasteiger partial charge in [0.1, 0.15) is 23.8 Å². The smallest absolute Gasteiger partial charge is 0.363 e. The van der Waals surface area contributed by atoms with Gasteiger partial charge in [-0.25, -0.2) is 4.98 Å². The molecule has 5 amide bonds. The number of hydrogen-bond acceptors (Lipinski definition) is 9. The third-order valence-electron chi connectivity index (χ3n) is 11.1. The van der Waals surface area contributed by atoms with Crippen LogP contribution in [0.1, 0.15) is 94.6 Å². The van der Waals surface area contributed by atoms with Crippen molar-refractivity contribution in [3.8, 4) is 0 Å². The lowest BCUT2D eigenvalue weighted by molar-refractivity contribution is -0.142. The highest BCUT2D eigenvalue weighted by Crippen LogP contribution is 2.33. The van der Waals surface area contributed by atoms with Crippen LogP contribution < -0.4 is 26.6 Å². The first-order valence-electron chi connectivity index (χ1n) is 19.2. The summed E-state index contributed by atoms with van der Waals surface area (Å²) < 4.78 is 40.3. The predicted octanol–water partition coefficient (Wildman–Crippen LogP) is 3.15. The van der Waals surface area contributed by atoms with Crippen LogP contribution in [0.2, 0.25) is 0 Å². The van der Waals surface area contributed by atoms with Gasteiger partial charge in [-0.05, 0) is 60.8 Å². The largest absolute Gasteiger partial charge is 0.416 e. The minimum absolute atomic E-state index is 0.00985. The van der Waals surface area contributed by atoms with E-state index in [4.69, 9.17) is 5.73 Å². The molecule has 1 aliphatic heterocycles. The standard InChI is InChI=1S/C39H51F3N8O6/c1-38(2,3)32(48-36(55)30(24-10-5-4-6-11-24)47-34(53)28-21-44-16-17-45-28)37(56)49-18-19-50(26-14-12-25(13-15-26)39(40,41)42)29(22-49)35(54)46-27(31(51)33(43)52)20-23-8-7-9-23/h12-17,21,23-24,27,29-30,32H,4-11,18-20,22H2,1-3H3,(H2,43,52)(H,46,54)(H,47,53)(H,48,55)/t27?,29-,30-,32+/m0/s1. The van der Waals surface area contributed by atoms with Crippen molar-refractivity contribution in [3.05, 3.63) is 54.1 Å². The van der Waals surface area contributed by atoms with Gasteiger partial charge >= 0.3 is 6.18 Å². The minimum Gasteiger partial charge on any atom is -0.363 e. The molecule has 1 unspecified atom stereocenters. The molecule has 5 rings (SSSR count). The molecule has 2 heterocycles. The lowest BCUT2D eigenvalue weighted by Gasteiger charge is -2.44. The molecule has 5 N–H and O–H groups in total. The molecule has 2 aromatic rings. The Morgan fingerprint density at radius 3 is 2.11 bits per heavy atom. The van der Waals surface area contributed by atoms with Gasteiger partial charge in [0.2, 0.25) is 23.5 Å². The van der Waals surface area contributed by atoms with Crippen molar-refractivity contribution in [1.29, 1.82) is 0 Å². The number of alkyl halides is 3. The molecular formula is C39H51F3N8O6. The maximum Gasteiger partial charge on any atom is 0.416 e. The fourth-order valence-electron chi connectivity index (χ4n) is 7.65. The number of benzene rings is 1. The van der Waals surface area contributed by atoms with Crippen LogP contribution in [0.15, 0.2) is 42.9 Å². The van der Waals surface area contributed by atoms with E-state index in [1.165, 1.54) is 35.6 Å². The fraction of sp³-hybridized carbons (Fsp3) is 0.590. The van der Waals surface area contributed by atoms with Gasteiger partial charge < -0.3 is 31.5 Å². The number of aromatic nitrogens is 2. The van der Waals surface area contributed by atoms with Crippen molar-refractivity contribution in [2.75, 3.05) is 24.5 Å². The number of hydrogen-bond donors (Lipinski definition) is 4. The molecule has 0 spiro atoms. The van der Waals surface area contributed by atoms with E-state index in [-0.39, 0.29) is 49.3 Å². The number of nitrogens with two attached hydrogens (primary N) is 1. The Labute approximate surface area is 323 Å². The molecule has 1 aromatic heterocycles.